The molecule has 4 rings (SSSR count). The van der Waals surface area contributed by atoms with Crippen molar-refractivity contribution < 1.29 is 19.2 Å². The maximum atomic E-state index is 12.8. The van der Waals surface area contributed by atoms with Crippen LogP contribution in [0, 0.1) is 0 Å². The number of imide groups is 2. The van der Waals surface area contributed by atoms with Crippen LogP contribution in [0.2, 0.25) is 0 Å². The summed E-state index contributed by atoms with van der Waals surface area (Å²) in [5, 5.41) is 5.47. The van der Waals surface area contributed by atoms with Gasteiger partial charge in [-0.2, -0.15) is 0 Å². The number of nitrogens with one attached hydrogen (secondary N) is 2. The molecule has 27 heavy (non-hydrogen) atoms. The quantitative estimate of drug-likeness (QED) is 0.677. The molecule has 0 aliphatic carbocycles. The molecule has 4 amide bonds. The van der Waals surface area contributed by atoms with Crippen LogP contribution in [0.1, 0.15) is 33.6 Å². The van der Waals surface area contributed by atoms with Crippen LogP contribution in [-0.4, -0.2) is 60.7 Å². The minimum absolute atomic E-state index is 0. The zero-order valence-electron chi connectivity index (χ0n) is 14.4. The number of hydrogen-bond donors (Lipinski definition) is 2. The van der Waals surface area contributed by atoms with E-state index in [1.165, 1.54) is 0 Å². The normalized spacial score (nSPS) is 22.0. The minimum Gasteiger partial charge on any atom is -0.369 e. The molecule has 0 radical (unpaired) electrons. The van der Waals surface area contributed by atoms with Crippen molar-refractivity contribution in [2.45, 2.75) is 18.9 Å². The van der Waals surface area contributed by atoms with E-state index in [1.54, 1.807) is 12.1 Å². The molecule has 2 N–H and O–H groups in total. The van der Waals surface area contributed by atoms with Crippen molar-refractivity contribution in [1.29, 1.82) is 0 Å². The summed E-state index contributed by atoms with van der Waals surface area (Å²) >= 11 is 0. The standard InChI is InChI=1S/C17H18N4O4.2ClH/c22-14-4-3-13(15(23)19-14)21-16(24)11-2-1-10(9-12(11)17(21)25)20-7-5-18-6-8-20;;/h1-2,9,13,18H,3-8H2,(H,19,22,23);2*1H. The second kappa shape index (κ2) is 8.24. The van der Waals surface area contributed by atoms with Gasteiger partial charge in [0.25, 0.3) is 11.8 Å². The van der Waals surface area contributed by atoms with Gasteiger partial charge in [-0.1, -0.05) is 0 Å². The molecule has 8 nitrogen and oxygen atoms in total. The number of benzene rings is 1. The van der Waals surface area contributed by atoms with Crippen molar-refractivity contribution in [2.75, 3.05) is 31.1 Å². The number of hydrogen-bond acceptors (Lipinski definition) is 6. The summed E-state index contributed by atoms with van der Waals surface area (Å²) in [6, 6.07) is 4.29. The van der Waals surface area contributed by atoms with Crippen LogP contribution < -0.4 is 15.5 Å². The first-order valence-electron chi connectivity index (χ1n) is 8.37. The molecule has 1 unspecified atom stereocenters. The lowest BCUT2D eigenvalue weighted by Crippen LogP contribution is -2.54. The highest BCUT2D eigenvalue weighted by Gasteiger charge is 2.44. The number of nitrogens with zero attached hydrogens (tertiary/aromatic N) is 2. The van der Waals surface area contributed by atoms with Crippen LogP contribution in [0.4, 0.5) is 5.69 Å². The molecule has 0 bridgehead atoms. The molecule has 10 heteroatoms. The lowest BCUT2D eigenvalue weighted by atomic mass is 10.0. The zero-order valence-corrected chi connectivity index (χ0v) is 16.0. The van der Waals surface area contributed by atoms with Gasteiger partial charge < -0.3 is 10.2 Å². The van der Waals surface area contributed by atoms with Crippen LogP contribution in [0.15, 0.2) is 18.2 Å². The third-order valence-electron chi connectivity index (χ3n) is 4.91. The Morgan fingerprint density at radius 1 is 0.926 bits per heavy atom. The number of rotatable bonds is 2. The maximum absolute atomic E-state index is 12.8. The summed E-state index contributed by atoms with van der Waals surface area (Å²) < 4.78 is 0. The number of carbonyl (C=O) groups is 4. The summed E-state index contributed by atoms with van der Waals surface area (Å²) in [5.41, 5.74) is 1.53. The Hall–Kier alpha value is -2.16. The number of amides is 4. The fraction of sp³-hybridized carbons (Fsp3) is 0.412. The maximum Gasteiger partial charge on any atom is 0.262 e. The highest BCUT2D eigenvalue weighted by Crippen LogP contribution is 2.30. The SMILES string of the molecule is Cl.Cl.O=C1CCC(N2C(=O)c3ccc(N4CCNCC4)cc3C2=O)C(=O)N1. The Bertz CT molecular complexity index is 795. The second-order valence-electron chi connectivity index (χ2n) is 6.41. The lowest BCUT2D eigenvalue weighted by Gasteiger charge is -2.29. The zero-order chi connectivity index (χ0) is 17.6. The molecule has 3 aliphatic rings. The molecule has 3 heterocycles. The van der Waals surface area contributed by atoms with E-state index in [9.17, 15) is 19.2 Å². The van der Waals surface area contributed by atoms with Gasteiger partial charge in [-0.3, -0.25) is 29.4 Å². The molecule has 0 spiro atoms. The minimum atomic E-state index is -0.923. The van der Waals surface area contributed by atoms with E-state index < -0.39 is 23.8 Å². The van der Waals surface area contributed by atoms with E-state index >= 15 is 0 Å². The van der Waals surface area contributed by atoms with Crippen molar-refractivity contribution in [3.8, 4) is 0 Å². The van der Waals surface area contributed by atoms with Crippen LogP contribution in [0.3, 0.4) is 0 Å². The topological polar surface area (TPSA) is 98.8 Å². The molecule has 0 saturated carbocycles. The highest BCUT2D eigenvalue weighted by atomic mass is 35.5. The first kappa shape index (κ1) is 21.1. The van der Waals surface area contributed by atoms with Gasteiger partial charge in [-0.05, 0) is 24.6 Å². The van der Waals surface area contributed by atoms with Gasteiger partial charge in [0.05, 0.1) is 11.1 Å². The Morgan fingerprint density at radius 2 is 1.59 bits per heavy atom. The monoisotopic (exact) mass is 414 g/mol. The van der Waals surface area contributed by atoms with Gasteiger partial charge in [0.15, 0.2) is 0 Å². The molecule has 1 aromatic rings. The number of piperidine rings is 1. The average Bonchev–Trinajstić information content (AvgIpc) is 2.87. The predicted molar refractivity (Wildman–Crippen MR) is 103 cm³/mol. The van der Waals surface area contributed by atoms with Crippen molar-refractivity contribution in [1.82, 2.24) is 15.5 Å². The molecular formula is C17H20Cl2N4O4. The van der Waals surface area contributed by atoms with Crippen molar-refractivity contribution >= 4 is 54.1 Å². The molecule has 3 aliphatic heterocycles. The second-order valence-corrected chi connectivity index (χ2v) is 6.41. The van der Waals surface area contributed by atoms with E-state index in [4.69, 9.17) is 0 Å². The van der Waals surface area contributed by atoms with Gasteiger partial charge in [0, 0.05) is 38.3 Å². The van der Waals surface area contributed by atoms with E-state index in [1.807, 2.05) is 6.07 Å². The highest BCUT2D eigenvalue weighted by molar-refractivity contribution is 6.23. The van der Waals surface area contributed by atoms with Gasteiger partial charge >= 0.3 is 0 Å². The van der Waals surface area contributed by atoms with Crippen LogP contribution in [0.25, 0.3) is 0 Å². The van der Waals surface area contributed by atoms with Crippen LogP contribution >= 0.6 is 24.8 Å². The van der Waals surface area contributed by atoms with Crippen LogP contribution in [0.5, 0.6) is 0 Å². The molecule has 0 aromatic heterocycles. The number of fused-ring (bicyclic) bond motifs is 1. The smallest absolute Gasteiger partial charge is 0.262 e. The van der Waals surface area contributed by atoms with Crippen molar-refractivity contribution in [2.24, 2.45) is 0 Å². The van der Waals surface area contributed by atoms with Gasteiger partial charge in [-0.25, -0.2) is 0 Å². The first-order chi connectivity index (χ1) is 12.1. The van der Waals surface area contributed by atoms with Crippen molar-refractivity contribution in [3.63, 3.8) is 0 Å². The fourth-order valence-electron chi connectivity index (χ4n) is 3.58. The van der Waals surface area contributed by atoms with Crippen LogP contribution in [-0.2, 0) is 9.59 Å². The summed E-state index contributed by atoms with van der Waals surface area (Å²) in [6.45, 7) is 3.40. The van der Waals surface area contributed by atoms with Gasteiger partial charge in [-0.15, -0.1) is 24.8 Å². The number of halogens is 2. The number of piperazine rings is 1. The molecule has 146 valence electrons. The van der Waals surface area contributed by atoms with E-state index in [0.717, 1.165) is 36.8 Å². The Kier molecular flexibility index (Phi) is 6.46. The average molecular weight is 415 g/mol. The largest absolute Gasteiger partial charge is 0.369 e. The predicted octanol–water partition coefficient (Wildman–Crippen LogP) is 0.341. The van der Waals surface area contributed by atoms with Gasteiger partial charge in [0.2, 0.25) is 11.8 Å². The van der Waals surface area contributed by atoms with Crippen molar-refractivity contribution in [3.05, 3.63) is 29.3 Å². The lowest BCUT2D eigenvalue weighted by molar-refractivity contribution is -0.136. The van der Waals surface area contributed by atoms with Gasteiger partial charge in [0.1, 0.15) is 6.04 Å². The Labute approximate surface area is 168 Å². The first-order valence-corrected chi connectivity index (χ1v) is 8.37. The number of carbonyl (C=O) groups excluding carboxylic acids is 4. The fourth-order valence-corrected chi connectivity index (χ4v) is 3.58. The summed E-state index contributed by atoms with van der Waals surface area (Å²) in [6.07, 6.45) is 0.288. The molecular weight excluding hydrogens is 395 g/mol. The third kappa shape index (κ3) is 3.65. The Morgan fingerprint density at radius 3 is 2.26 bits per heavy atom. The number of anilines is 1. The summed E-state index contributed by atoms with van der Waals surface area (Å²) in [5.74, 6) is -1.90. The van der Waals surface area contributed by atoms with E-state index in [0.29, 0.717) is 11.1 Å². The van der Waals surface area contributed by atoms with E-state index in [-0.39, 0.29) is 43.6 Å². The summed E-state index contributed by atoms with van der Waals surface area (Å²) in [7, 11) is 0. The molecule has 2 saturated heterocycles. The Balaban J connectivity index is 0.00000131. The molecule has 1 atom stereocenters. The third-order valence-corrected chi connectivity index (χ3v) is 4.91. The molecule has 1 aromatic carbocycles. The van der Waals surface area contributed by atoms with E-state index in [2.05, 4.69) is 15.5 Å². The molecule has 2 fully saturated rings. The summed E-state index contributed by atoms with van der Waals surface area (Å²) in [4.78, 5) is 51.9.